The minimum atomic E-state index is -0.580. The van der Waals surface area contributed by atoms with Crippen LogP contribution in [-0.4, -0.2) is 11.1 Å². The highest BCUT2D eigenvalue weighted by molar-refractivity contribution is 5.77. The monoisotopic (exact) mass is 258 g/mol. The molecule has 1 N–H and O–H groups in total. The fourth-order valence-corrected chi connectivity index (χ4v) is 4.07. The molecular formula is C17H22O2. The molecule has 0 aromatic heterocycles. The van der Waals surface area contributed by atoms with Crippen LogP contribution in [0.1, 0.15) is 43.7 Å². The van der Waals surface area contributed by atoms with Crippen molar-refractivity contribution < 1.29 is 9.90 Å². The first-order chi connectivity index (χ1) is 9.12. The summed E-state index contributed by atoms with van der Waals surface area (Å²) in [6, 6.07) is 8.26. The Hall–Kier alpha value is -1.31. The Bertz CT molecular complexity index is 459. The molecule has 0 heterocycles. The number of carbonyl (C=O) groups is 1. The lowest BCUT2D eigenvalue weighted by Crippen LogP contribution is -2.41. The molecule has 2 aliphatic carbocycles. The second-order valence-corrected chi connectivity index (χ2v) is 6.54. The minimum absolute atomic E-state index is 0.355. The molecule has 2 aliphatic rings. The Morgan fingerprint density at radius 3 is 2.11 bits per heavy atom. The number of aliphatic carboxylic acids is 1. The van der Waals surface area contributed by atoms with Crippen LogP contribution in [0.4, 0.5) is 0 Å². The smallest absolute Gasteiger partial charge is 0.310 e. The van der Waals surface area contributed by atoms with E-state index in [0.29, 0.717) is 5.92 Å². The molecule has 0 spiro atoms. The summed E-state index contributed by atoms with van der Waals surface area (Å²) in [5.74, 6) is 0.544. The molecule has 0 atom stereocenters. The zero-order valence-electron chi connectivity index (χ0n) is 11.6. The average molecular weight is 258 g/mol. The number of hydrogen-bond donors (Lipinski definition) is 1. The van der Waals surface area contributed by atoms with Crippen molar-refractivity contribution >= 4 is 5.97 Å². The van der Waals surface area contributed by atoms with Gasteiger partial charge in [-0.1, -0.05) is 44.0 Å². The van der Waals surface area contributed by atoms with Gasteiger partial charge in [-0.05, 0) is 48.6 Å². The van der Waals surface area contributed by atoms with E-state index in [1.165, 1.54) is 24.0 Å². The lowest BCUT2D eigenvalue weighted by Gasteiger charge is -2.38. The van der Waals surface area contributed by atoms with E-state index in [9.17, 15) is 9.90 Å². The van der Waals surface area contributed by atoms with Gasteiger partial charge in [-0.2, -0.15) is 0 Å². The summed E-state index contributed by atoms with van der Waals surface area (Å²) >= 11 is 0. The first-order valence-electron chi connectivity index (χ1n) is 7.42. The topological polar surface area (TPSA) is 37.3 Å². The molecule has 0 unspecified atom stereocenters. The summed E-state index contributed by atoms with van der Waals surface area (Å²) in [5, 5.41) is 9.85. The minimum Gasteiger partial charge on any atom is -0.481 e. The lowest BCUT2D eigenvalue weighted by molar-refractivity contribution is -0.153. The molecule has 0 bridgehead atoms. The highest BCUT2D eigenvalue weighted by atomic mass is 16.4. The standard InChI is InChI=1S/C17H22O2/c1-12-6-8-15(9-7-12)17(16(18)19)10-13-4-2-3-5-14(13)11-17/h2-5,12,15H,6-11H2,1H3,(H,18,19). The summed E-state index contributed by atoms with van der Waals surface area (Å²) in [5.41, 5.74) is 1.98. The zero-order valence-corrected chi connectivity index (χ0v) is 11.6. The Labute approximate surface area is 114 Å². The maximum atomic E-state index is 12.0. The number of hydrogen-bond acceptors (Lipinski definition) is 1. The van der Waals surface area contributed by atoms with Crippen LogP contribution < -0.4 is 0 Å². The van der Waals surface area contributed by atoms with Crippen LogP contribution in [0.15, 0.2) is 24.3 Å². The summed E-state index contributed by atoms with van der Waals surface area (Å²) < 4.78 is 0. The molecule has 2 heteroatoms. The van der Waals surface area contributed by atoms with E-state index in [1.54, 1.807) is 0 Å². The summed E-state index contributed by atoms with van der Waals surface area (Å²) in [6.07, 6.45) is 6.02. The molecule has 1 saturated carbocycles. The van der Waals surface area contributed by atoms with Gasteiger partial charge in [-0.3, -0.25) is 4.79 Å². The Morgan fingerprint density at radius 1 is 1.11 bits per heavy atom. The molecule has 19 heavy (non-hydrogen) atoms. The molecule has 0 amide bonds. The van der Waals surface area contributed by atoms with Gasteiger partial charge in [0.2, 0.25) is 0 Å². The number of carboxylic acids is 1. The fourth-order valence-electron chi connectivity index (χ4n) is 4.07. The highest BCUT2D eigenvalue weighted by Gasteiger charge is 2.50. The van der Waals surface area contributed by atoms with E-state index in [1.807, 2.05) is 12.1 Å². The number of fused-ring (bicyclic) bond motifs is 1. The lowest BCUT2D eigenvalue weighted by atomic mass is 9.65. The molecular weight excluding hydrogens is 236 g/mol. The van der Waals surface area contributed by atoms with Gasteiger partial charge in [0.05, 0.1) is 5.41 Å². The Balaban J connectivity index is 1.89. The molecule has 102 valence electrons. The Kier molecular flexibility index (Phi) is 3.12. The molecule has 1 aromatic rings. The van der Waals surface area contributed by atoms with E-state index in [0.717, 1.165) is 31.6 Å². The maximum Gasteiger partial charge on any atom is 0.310 e. The predicted molar refractivity (Wildman–Crippen MR) is 75.0 cm³/mol. The van der Waals surface area contributed by atoms with Crippen molar-refractivity contribution in [2.45, 2.75) is 45.4 Å². The summed E-state index contributed by atoms with van der Waals surface area (Å²) in [6.45, 7) is 2.28. The van der Waals surface area contributed by atoms with Crippen molar-refractivity contribution in [2.75, 3.05) is 0 Å². The van der Waals surface area contributed by atoms with E-state index in [4.69, 9.17) is 0 Å². The summed E-state index contributed by atoms with van der Waals surface area (Å²) in [4.78, 5) is 12.0. The normalized spacial score (nSPS) is 28.9. The molecule has 0 radical (unpaired) electrons. The average Bonchev–Trinajstić information content (AvgIpc) is 2.80. The molecule has 2 nitrogen and oxygen atoms in total. The number of rotatable bonds is 2. The quantitative estimate of drug-likeness (QED) is 0.878. The van der Waals surface area contributed by atoms with Gasteiger partial charge in [0, 0.05) is 0 Å². The van der Waals surface area contributed by atoms with Crippen molar-refractivity contribution in [3.05, 3.63) is 35.4 Å². The van der Waals surface area contributed by atoms with Crippen LogP contribution in [0, 0.1) is 17.3 Å². The van der Waals surface area contributed by atoms with E-state index >= 15 is 0 Å². The third-order valence-electron chi connectivity index (χ3n) is 5.35. The SMILES string of the molecule is CC1CCC(C2(C(=O)O)Cc3ccccc3C2)CC1. The number of carboxylic acid groups (broad SMARTS) is 1. The van der Waals surface area contributed by atoms with E-state index < -0.39 is 11.4 Å². The van der Waals surface area contributed by atoms with Gasteiger partial charge in [-0.15, -0.1) is 0 Å². The fraction of sp³-hybridized carbons (Fsp3) is 0.588. The largest absolute Gasteiger partial charge is 0.481 e. The molecule has 0 aliphatic heterocycles. The van der Waals surface area contributed by atoms with Gasteiger partial charge < -0.3 is 5.11 Å². The van der Waals surface area contributed by atoms with Gasteiger partial charge in [-0.25, -0.2) is 0 Å². The van der Waals surface area contributed by atoms with Crippen LogP contribution in [0.2, 0.25) is 0 Å². The first-order valence-corrected chi connectivity index (χ1v) is 7.42. The van der Waals surface area contributed by atoms with Crippen LogP contribution >= 0.6 is 0 Å². The molecule has 1 fully saturated rings. The van der Waals surface area contributed by atoms with Crippen molar-refractivity contribution in [3.8, 4) is 0 Å². The van der Waals surface area contributed by atoms with Crippen LogP contribution in [0.5, 0.6) is 0 Å². The van der Waals surface area contributed by atoms with Gasteiger partial charge in [0.25, 0.3) is 0 Å². The molecule has 1 aromatic carbocycles. The highest BCUT2D eigenvalue weighted by Crippen LogP contribution is 2.49. The van der Waals surface area contributed by atoms with Crippen molar-refractivity contribution in [2.24, 2.45) is 17.3 Å². The molecule has 3 rings (SSSR count). The third-order valence-corrected chi connectivity index (χ3v) is 5.35. The van der Waals surface area contributed by atoms with Crippen LogP contribution in [0.25, 0.3) is 0 Å². The van der Waals surface area contributed by atoms with E-state index in [2.05, 4.69) is 19.1 Å². The van der Waals surface area contributed by atoms with Gasteiger partial charge >= 0.3 is 5.97 Å². The number of benzene rings is 1. The first kappa shape index (κ1) is 12.7. The van der Waals surface area contributed by atoms with Crippen molar-refractivity contribution in [1.29, 1.82) is 0 Å². The van der Waals surface area contributed by atoms with Gasteiger partial charge in [0.1, 0.15) is 0 Å². The zero-order chi connectivity index (χ0) is 13.5. The van der Waals surface area contributed by atoms with E-state index in [-0.39, 0.29) is 0 Å². The van der Waals surface area contributed by atoms with Crippen molar-refractivity contribution in [1.82, 2.24) is 0 Å². The predicted octanol–water partition coefficient (Wildman–Crippen LogP) is 3.68. The third kappa shape index (κ3) is 2.07. The van der Waals surface area contributed by atoms with Crippen LogP contribution in [-0.2, 0) is 17.6 Å². The second kappa shape index (κ2) is 4.66. The van der Waals surface area contributed by atoms with Gasteiger partial charge in [0.15, 0.2) is 0 Å². The molecule has 0 saturated heterocycles. The second-order valence-electron chi connectivity index (χ2n) is 6.54. The summed E-state index contributed by atoms with van der Waals surface area (Å²) in [7, 11) is 0. The van der Waals surface area contributed by atoms with Crippen molar-refractivity contribution in [3.63, 3.8) is 0 Å². The van der Waals surface area contributed by atoms with Crippen LogP contribution in [0.3, 0.4) is 0 Å². The Morgan fingerprint density at radius 2 is 1.63 bits per heavy atom. The maximum absolute atomic E-state index is 12.0.